The van der Waals surface area contributed by atoms with Gasteiger partial charge in [0.2, 0.25) is 0 Å². The predicted molar refractivity (Wildman–Crippen MR) is 136 cm³/mol. The quantitative estimate of drug-likeness (QED) is 0.187. The van der Waals surface area contributed by atoms with E-state index in [2.05, 4.69) is 60.7 Å². The van der Waals surface area contributed by atoms with Gasteiger partial charge in [-0.25, -0.2) is 0 Å². The Morgan fingerprint density at radius 3 is 2.44 bits per heavy atom. The lowest BCUT2D eigenvalue weighted by atomic mass is 9.58. The smallest absolute Gasteiger partial charge is 0.274 e. The number of furan rings is 1. The fraction of sp³-hybridized carbons (Fsp3) is 0.556. The Hall–Kier alpha value is -2.54. The molecule has 0 radical (unpaired) electrons. The van der Waals surface area contributed by atoms with E-state index in [0.717, 1.165) is 36.1 Å². The van der Waals surface area contributed by atoms with Gasteiger partial charge in [-0.2, -0.15) is 0 Å². The maximum absolute atomic E-state index is 11.1. The Labute approximate surface area is 203 Å². The molecule has 0 amide bonds. The number of allylic oxidation sites excluding steroid dienone is 1. The molecule has 3 atom stereocenters. The Bertz CT molecular complexity index is 1130. The number of benzene rings is 1. The van der Waals surface area contributed by atoms with Gasteiger partial charge in [-0.05, 0) is 55.9 Å². The third-order valence-corrected chi connectivity index (χ3v) is 12.9. The van der Waals surface area contributed by atoms with Gasteiger partial charge in [0.1, 0.15) is 17.6 Å². The van der Waals surface area contributed by atoms with E-state index in [-0.39, 0.29) is 22.2 Å². The summed E-state index contributed by atoms with van der Waals surface area (Å²) < 4.78 is 19.7. The standard InChI is InChI=1S/C27H37NO5Si/c1-17-10-9-11-19-16-22-23(18(2)25(32-22)33-34(7,8)26(3,4)5)24(27(17,19)6)31-21-14-12-20(13-15-21)28(29)30/h11-15,17,24H,9-10,16H2,1-8H3/t17-,24+,27+/m0/s1. The number of hydrogen-bond donors (Lipinski definition) is 0. The van der Waals surface area contributed by atoms with Gasteiger partial charge in [-0.15, -0.1) is 0 Å². The molecular weight excluding hydrogens is 446 g/mol. The van der Waals surface area contributed by atoms with Crippen LogP contribution in [0.25, 0.3) is 0 Å². The van der Waals surface area contributed by atoms with Crippen molar-refractivity contribution in [1.82, 2.24) is 0 Å². The molecule has 0 saturated heterocycles. The van der Waals surface area contributed by atoms with Crippen LogP contribution in [0.5, 0.6) is 11.7 Å². The Balaban J connectivity index is 1.80. The average molecular weight is 484 g/mol. The number of fused-ring (bicyclic) bond motifs is 2. The van der Waals surface area contributed by atoms with Gasteiger partial charge < -0.3 is 13.6 Å². The minimum atomic E-state index is -2.09. The molecular formula is C27H37NO5Si. The molecule has 34 heavy (non-hydrogen) atoms. The van der Waals surface area contributed by atoms with Crippen molar-refractivity contribution >= 4 is 14.0 Å². The second kappa shape index (κ2) is 8.29. The molecule has 0 unspecified atom stereocenters. The molecule has 6 nitrogen and oxygen atoms in total. The molecule has 1 heterocycles. The van der Waals surface area contributed by atoms with Crippen molar-refractivity contribution in [3.05, 3.63) is 62.9 Å². The summed E-state index contributed by atoms with van der Waals surface area (Å²) in [5.41, 5.74) is 3.28. The summed E-state index contributed by atoms with van der Waals surface area (Å²) in [6.45, 7) is 17.8. The molecule has 0 spiro atoms. The zero-order valence-corrected chi connectivity index (χ0v) is 22.7. The van der Waals surface area contributed by atoms with Crippen LogP contribution < -0.4 is 9.16 Å². The van der Waals surface area contributed by atoms with Crippen LogP contribution in [0.2, 0.25) is 18.1 Å². The molecule has 2 aliphatic carbocycles. The van der Waals surface area contributed by atoms with Crippen LogP contribution in [0.4, 0.5) is 5.69 Å². The molecule has 7 heteroatoms. The zero-order chi connectivity index (χ0) is 25.1. The van der Waals surface area contributed by atoms with E-state index in [4.69, 9.17) is 13.6 Å². The molecule has 0 fully saturated rings. The van der Waals surface area contributed by atoms with E-state index >= 15 is 0 Å². The predicted octanol–water partition coefficient (Wildman–Crippen LogP) is 7.92. The summed E-state index contributed by atoms with van der Waals surface area (Å²) in [7, 11) is -2.09. The van der Waals surface area contributed by atoms with Gasteiger partial charge in [0, 0.05) is 35.1 Å². The summed E-state index contributed by atoms with van der Waals surface area (Å²) in [4.78, 5) is 10.7. The van der Waals surface area contributed by atoms with E-state index in [0.29, 0.717) is 17.6 Å². The highest BCUT2D eigenvalue weighted by Crippen LogP contribution is 2.59. The van der Waals surface area contributed by atoms with E-state index in [9.17, 15) is 10.1 Å². The lowest BCUT2D eigenvalue weighted by molar-refractivity contribution is -0.384. The lowest BCUT2D eigenvalue weighted by Crippen LogP contribution is -2.44. The van der Waals surface area contributed by atoms with E-state index in [1.54, 1.807) is 12.1 Å². The highest BCUT2D eigenvalue weighted by atomic mass is 28.4. The summed E-state index contributed by atoms with van der Waals surface area (Å²) in [5, 5.41) is 11.2. The largest absolute Gasteiger partial charge is 0.518 e. The number of non-ortho nitro benzene ring substituents is 1. The van der Waals surface area contributed by atoms with Crippen molar-refractivity contribution in [2.24, 2.45) is 11.3 Å². The average Bonchev–Trinajstić information content (AvgIpc) is 3.03. The van der Waals surface area contributed by atoms with Crippen LogP contribution >= 0.6 is 0 Å². The molecule has 184 valence electrons. The van der Waals surface area contributed by atoms with E-state index < -0.39 is 13.2 Å². The minimum absolute atomic E-state index is 0.0540. The third-order valence-electron chi connectivity index (χ3n) is 8.55. The normalized spacial score (nSPS) is 24.6. The van der Waals surface area contributed by atoms with Crippen LogP contribution in [-0.2, 0) is 6.42 Å². The maximum atomic E-state index is 11.1. The summed E-state index contributed by atoms with van der Waals surface area (Å²) in [6, 6.07) is 6.37. The van der Waals surface area contributed by atoms with Gasteiger partial charge in [0.25, 0.3) is 20.0 Å². The van der Waals surface area contributed by atoms with Crippen LogP contribution in [0, 0.1) is 28.4 Å². The SMILES string of the molecule is Cc1c(O[Si](C)(C)C(C)(C)C)oc2c1[C@@H](Oc1ccc([N+](=O)[O-])cc1)[C@@]1(C)C(=CCC[C@@H]1C)C2. The molecule has 0 bridgehead atoms. The fourth-order valence-corrected chi connectivity index (χ4v) is 5.95. The number of nitrogens with zero attached hydrogens (tertiary/aromatic N) is 1. The zero-order valence-electron chi connectivity index (χ0n) is 21.7. The molecule has 4 rings (SSSR count). The van der Waals surface area contributed by atoms with Crippen molar-refractivity contribution in [3.63, 3.8) is 0 Å². The number of hydrogen-bond acceptors (Lipinski definition) is 5. The first-order chi connectivity index (χ1) is 15.8. The first kappa shape index (κ1) is 24.6. The molecule has 2 aliphatic rings. The summed E-state index contributed by atoms with van der Waals surface area (Å²) in [5.74, 6) is 2.57. The molecule has 0 saturated carbocycles. The van der Waals surface area contributed by atoms with Gasteiger partial charge in [-0.1, -0.05) is 46.3 Å². The highest BCUT2D eigenvalue weighted by Gasteiger charge is 2.52. The van der Waals surface area contributed by atoms with Crippen LogP contribution in [0.15, 0.2) is 40.3 Å². The summed E-state index contributed by atoms with van der Waals surface area (Å²) >= 11 is 0. The summed E-state index contributed by atoms with van der Waals surface area (Å²) in [6.07, 6.45) is 5.00. The van der Waals surface area contributed by atoms with Gasteiger partial charge in [0.15, 0.2) is 0 Å². The van der Waals surface area contributed by atoms with Gasteiger partial charge in [0.05, 0.1) is 4.92 Å². The third kappa shape index (κ3) is 3.98. The van der Waals surface area contributed by atoms with Crippen LogP contribution in [-0.4, -0.2) is 13.2 Å². The molecule has 1 aromatic heterocycles. The van der Waals surface area contributed by atoms with Crippen molar-refractivity contribution in [3.8, 4) is 11.7 Å². The number of nitro groups is 1. The first-order valence-corrected chi connectivity index (χ1v) is 15.1. The fourth-order valence-electron chi connectivity index (χ4n) is 4.99. The minimum Gasteiger partial charge on any atom is -0.518 e. The number of nitro benzene ring substituents is 1. The number of ether oxygens (including phenoxy) is 1. The highest BCUT2D eigenvalue weighted by molar-refractivity contribution is 6.74. The number of rotatable bonds is 5. The monoisotopic (exact) mass is 483 g/mol. The Morgan fingerprint density at radius 1 is 1.21 bits per heavy atom. The van der Waals surface area contributed by atoms with Crippen molar-refractivity contribution in [1.29, 1.82) is 0 Å². The second-order valence-electron chi connectivity index (χ2n) is 11.6. The molecule has 0 aliphatic heterocycles. The van der Waals surface area contributed by atoms with Crippen LogP contribution in [0.3, 0.4) is 0 Å². The molecule has 1 aromatic carbocycles. The molecule has 0 N–H and O–H groups in total. The van der Waals surface area contributed by atoms with Gasteiger partial charge >= 0.3 is 0 Å². The maximum Gasteiger partial charge on any atom is 0.274 e. The first-order valence-electron chi connectivity index (χ1n) is 12.2. The van der Waals surface area contributed by atoms with E-state index in [1.165, 1.54) is 17.7 Å². The molecule has 2 aromatic rings. The Morgan fingerprint density at radius 2 is 1.85 bits per heavy atom. The lowest BCUT2D eigenvalue weighted by Gasteiger charge is -2.48. The second-order valence-corrected chi connectivity index (χ2v) is 16.4. The topological polar surface area (TPSA) is 74.7 Å². The van der Waals surface area contributed by atoms with Crippen molar-refractivity contribution in [2.45, 2.75) is 85.0 Å². The van der Waals surface area contributed by atoms with Crippen molar-refractivity contribution < 1.29 is 18.5 Å². The van der Waals surface area contributed by atoms with E-state index in [1.807, 2.05) is 0 Å². The van der Waals surface area contributed by atoms with Crippen molar-refractivity contribution in [2.75, 3.05) is 0 Å². The van der Waals surface area contributed by atoms with Crippen LogP contribution in [0.1, 0.15) is 70.5 Å². The van der Waals surface area contributed by atoms with Gasteiger partial charge in [-0.3, -0.25) is 10.1 Å². The Kier molecular flexibility index (Phi) is 5.99.